The maximum absolute atomic E-state index is 11.2. The molecule has 0 radical (unpaired) electrons. The van der Waals surface area contributed by atoms with E-state index in [9.17, 15) is 4.79 Å². The molecule has 2 aromatic carbocycles. The molecule has 3 N–H and O–H groups in total. The van der Waals surface area contributed by atoms with Crippen molar-refractivity contribution in [2.75, 3.05) is 10.6 Å². The molecule has 0 aliphatic heterocycles. The minimum atomic E-state index is -0.976. The Labute approximate surface area is 159 Å². The quantitative estimate of drug-likeness (QED) is 0.450. The average Bonchev–Trinajstić information content (AvgIpc) is 3.20. The third kappa shape index (κ3) is 3.88. The highest BCUT2D eigenvalue weighted by atomic mass is 32.1. The lowest BCUT2D eigenvalue weighted by Gasteiger charge is -2.11. The van der Waals surface area contributed by atoms with Crippen LogP contribution in [-0.2, 0) is 6.54 Å². The summed E-state index contributed by atoms with van der Waals surface area (Å²) in [6, 6.07) is 18.4. The second-order valence-corrected chi connectivity index (χ2v) is 6.89. The third-order valence-electron chi connectivity index (χ3n) is 3.98. The van der Waals surface area contributed by atoms with E-state index < -0.39 is 5.97 Å². The Morgan fingerprint density at radius 1 is 1.04 bits per heavy atom. The predicted molar refractivity (Wildman–Crippen MR) is 108 cm³/mol. The summed E-state index contributed by atoms with van der Waals surface area (Å²) in [5.74, 6) is 0.159. The van der Waals surface area contributed by atoms with Gasteiger partial charge in [0, 0.05) is 16.0 Å². The Morgan fingerprint density at radius 3 is 2.74 bits per heavy atom. The van der Waals surface area contributed by atoms with Gasteiger partial charge in [-0.15, -0.1) is 11.3 Å². The number of hydrogen-bond donors (Lipinski definition) is 3. The Hall–Kier alpha value is -3.45. The smallest absolute Gasteiger partial charge is 0.335 e. The monoisotopic (exact) mass is 376 g/mol. The Balaban J connectivity index is 1.66. The molecule has 0 saturated heterocycles. The summed E-state index contributed by atoms with van der Waals surface area (Å²) < 4.78 is 0. The van der Waals surface area contributed by atoms with Crippen molar-refractivity contribution in [3.8, 4) is 0 Å². The lowest BCUT2D eigenvalue weighted by molar-refractivity contribution is 0.0697. The molecule has 4 aromatic rings. The molecule has 4 rings (SSSR count). The van der Waals surface area contributed by atoms with Crippen LogP contribution < -0.4 is 10.6 Å². The van der Waals surface area contributed by atoms with E-state index in [0.29, 0.717) is 18.2 Å². The summed E-state index contributed by atoms with van der Waals surface area (Å²) in [5, 5.41) is 18.6. The second kappa shape index (κ2) is 7.43. The van der Waals surface area contributed by atoms with Gasteiger partial charge in [0.05, 0.1) is 17.6 Å². The first kappa shape index (κ1) is 17.0. The highest BCUT2D eigenvalue weighted by Gasteiger charge is 2.09. The van der Waals surface area contributed by atoms with Gasteiger partial charge in [0.2, 0.25) is 5.95 Å². The number of hydrogen-bond acceptors (Lipinski definition) is 6. The van der Waals surface area contributed by atoms with Crippen LogP contribution in [0.3, 0.4) is 0 Å². The zero-order valence-corrected chi connectivity index (χ0v) is 15.0. The number of anilines is 3. The maximum atomic E-state index is 11.2. The topological polar surface area (TPSA) is 87.1 Å². The molecule has 0 atom stereocenters. The number of benzene rings is 2. The number of aromatic carboxylic acids is 1. The van der Waals surface area contributed by atoms with Gasteiger partial charge in [-0.1, -0.05) is 24.3 Å². The summed E-state index contributed by atoms with van der Waals surface area (Å²) in [7, 11) is 0. The number of para-hydroxylation sites is 1. The number of nitrogens with one attached hydrogen (secondary N) is 2. The van der Waals surface area contributed by atoms with E-state index >= 15 is 0 Å². The summed E-state index contributed by atoms with van der Waals surface area (Å²) >= 11 is 1.68. The zero-order chi connectivity index (χ0) is 18.6. The van der Waals surface area contributed by atoms with Crippen LogP contribution >= 0.6 is 11.3 Å². The van der Waals surface area contributed by atoms with Crippen molar-refractivity contribution in [3.05, 3.63) is 76.5 Å². The van der Waals surface area contributed by atoms with Gasteiger partial charge in [0.1, 0.15) is 5.82 Å². The molecule has 0 aliphatic rings. The molecule has 0 amide bonds. The molecule has 0 aliphatic carbocycles. The minimum Gasteiger partial charge on any atom is -0.478 e. The SMILES string of the molecule is O=C(O)c1cccc(Nc2nc(NCc3cccs3)c3ccccc3n2)c1. The van der Waals surface area contributed by atoms with Gasteiger partial charge >= 0.3 is 5.97 Å². The number of carbonyl (C=O) groups is 1. The number of carboxylic acid groups (broad SMARTS) is 1. The van der Waals surface area contributed by atoms with Crippen molar-refractivity contribution in [1.82, 2.24) is 9.97 Å². The zero-order valence-electron chi connectivity index (χ0n) is 14.2. The normalized spacial score (nSPS) is 10.7. The summed E-state index contributed by atoms with van der Waals surface area (Å²) in [4.78, 5) is 21.5. The largest absolute Gasteiger partial charge is 0.478 e. The Kier molecular flexibility index (Phi) is 4.67. The molecule has 6 nitrogen and oxygen atoms in total. The van der Waals surface area contributed by atoms with E-state index in [1.165, 1.54) is 4.88 Å². The molecule has 2 aromatic heterocycles. The number of carboxylic acids is 1. The molecule has 0 unspecified atom stereocenters. The van der Waals surface area contributed by atoms with Gasteiger partial charge in [-0.2, -0.15) is 4.98 Å². The number of rotatable bonds is 6. The Morgan fingerprint density at radius 2 is 1.93 bits per heavy atom. The lowest BCUT2D eigenvalue weighted by Crippen LogP contribution is -2.05. The number of nitrogens with zero attached hydrogens (tertiary/aromatic N) is 2. The number of aromatic nitrogens is 2. The Bertz CT molecular complexity index is 1100. The van der Waals surface area contributed by atoms with Gasteiger partial charge in [-0.25, -0.2) is 9.78 Å². The van der Waals surface area contributed by atoms with Crippen LogP contribution in [0.1, 0.15) is 15.2 Å². The van der Waals surface area contributed by atoms with Crippen molar-refractivity contribution < 1.29 is 9.90 Å². The molecule has 0 spiro atoms. The van der Waals surface area contributed by atoms with Crippen molar-refractivity contribution in [2.24, 2.45) is 0 Å². The summed E-state index contributed by atoms with van der Waals surface area (Å²) in [6.45, 7) is 0.673. The average molecular weight is 376 g/mol. The van der Waals surface area contributed by atoms with Crippen LogP contribution in [0.15, 0.2) is 66.0 Å². The second-order valence-electron chi connectivity index (χ2n) is 5.86. The first-order chi connectivity index (χ1) is 13.2. The van der Waals surface area contributed by atoms with Gasteiger partial charge in [0.25, 0.3) is 0 Å². The van der Waals surface area contributed by atoms with Crippen LogP contribution in [0.2, 0.25) is 0 Å². The van der Waals surface area contributed by atoms with Gasteiger partial charge in [-0.05, 0) is 41.8 Å². The minimum absolute atomic E-state index is 0.205. The van der Waals surface area contributed by atoms with Gasteiger partial charge < -0.3 is 15.7 Å². The molecule has 2 heterocycles. The number of fused-ring (bicyclic) bond motifs is 1. The van der Waals surface area contributed by atoms with Crippen LogP contribution in [0.4, 0.5) is 17.5 Å². The highest BCUT2D eigenvalue weighted by Crippen LogP contribution is 2.25. The molecule has 0 bridgehead atoms. The van der Waals surface area contributed by atoms with Gasteiger partial charge in [-0.3, -0.25) is 0 Å². The molecule has 7 heteroatoms. The molecular formula is C20H16N4O2S. The van der Waals surface area contributed by atoms with Gasteiger partial charge in [0.15, 0.2) is 0 Å². The molecule has 27 heavy (non-hydrogen) atoms. The molecule has 0 saturated carbocycles. The van der Waals surface area contributed by atoms with E-state index in [1.807, 2.05) is 35.7 Å². The third-order valence-corrected chi connectivity index (χ3v) is 4.86. The lowest BCUT2D eigenvalue weighted by atomic mass is 10.2. The van der Waals surface area contributed by atoms with Crippen molar-refractivity contribution in [3.63, 3.8) is 0 Å². The van der Waals surface area contributed by atoms with Crippen molar-refractivity contribution in [2.45, 2.75) is 6.54 Å². The van der Waals surface area contributed by atoms with E-state index in [0.717, 1.165) is 16.7 Å². The molecule has 134 valence electrons. The summed E-state index contributed by atoms with van der Waals surface area (Å²) in [5.41, 5.74) is 1.63. The molecular weight excluding hydrogens is 360 g/mol. The standard InChI is InChI=1S/C20H16N4O2S/c25-19(26)13-5-3-6-14(11-13)22-20-23-17-9-2-1-8-16(17)18(24-20)21-12-15-7-4-10-27-15/h1-11H,12H2,(H,25,26)(H2,21,22,23,24). The number of thiophene rings is 1. The predicted octanol–water partition coefficient (Wildman–Crippen LogP) is 4.75. The fourth-order valence-corrected chi connectivity index (χ4v) is 3.35. The highest BCUT2D eigenvalue weighted by molar-refractivity contribution is 7.09. The van der Waals surface area contributed by atoms with Crippen molar-refractivity contribution >= 4 is 45.7 Å². The fraction of sp³-hybridized carbons (Fsp3) is 0.0500. The van der Waals surface area contributed by atoms with E-state index in [2.05, 4.69) is 26.7 Å². The first-order valence-corrected chi connectivity index (χ1v) is 9.20. The van der Waals surface area contributed by atoms with Crippen LogP contribution in [0, 0.1) is 0 Å². The van der Waals surface area contributed by atoms with Crippen LogP contribution in [0.25, 0.3) is 10.9 Å². The summed E-state index contributed by atoms with van der Waals surface area (Å²) in [6.07, 6.45) is 0. The van der Waals surface area contributed by atoms with E-state index in [-0.39, 0.29) is 5.56 Å². The van der Waals surface area contributed by atoms with Crippen LogP contribution in [0.5, 0.6) is 0 Å². The fourth-order valence-electron chi connectivity index (χ4n) is 2.71. The van der Waals surface area contributed by atoms with E-state index in [4.69, 9.17) is 5.11 Å². The van der Waals surface area contributed by atoms with E-state index in [1.54, 1.807) is 35.6 Å². The first-order valence-electron chi connectivity index (χ1n) is 8.32. The van der Waals surface area contributed by atoms with Crippen LogP contribution in [-0.4, -0.2) is 21.0 Å². The maximum Gasteiger partial charge on any atom is 0.335 e. The molecule has 0 fully saturated rings. The van der Waals surface area contributed by atoms with Crippen molar-refractivity contribution in [1.29, 1.82) is 0 Å².